The van der Waals surface area contributed by atoms with Crippen LogP contribution in [0.25, 0.3) is 0 Å². The van der Waals surface area contributed by atoms with Crippen LogP contribution in [0.2, 0.25) is 0 Å². The Labute approximate surface area is 122 Å². The zero-order valence-corrected chi connectivity index (χ0v) is 11.8. The Morgan fingerprint density at radius 2 is 1.75 bits per heavy atom. The van der Waals surface area contributed by atoms with E-state index in [1.165, 1.54) is 17.3 Å². The molecule has 0 heterocycles. The molecule has 3 heteroatoms. The molecule has 0 bridgehead atoms. The van der Waals surface area contributed by atoms with Gasteiger partial charge in [-0.1, -0.05) is 66.4 Å². The van der Waals surface area contributed by atoms with Crippen molar-refractivity contribution >= 4 is 16.9 Å². The number of aliphatic hydroxyl groups is 1. The highest BCUT2D eigenvalue weighted by atomic mass is 32.2. The van der Waals surface area contributed by atoms with E-state index in [0.29, 0.717) is 5.56 Å². The zero-order chi connectivity index (χ0) is 13.9. The predicted octanol–water partition coefficient (Wildman–Crippen LogP) is 3.61. The van der Waals surface area contributed by atoms with Crippen molar-refractivity contribution in [2.75, 3.05) is 0 Å². The Bertz CT molecular complexity index is 609. The number of benzene rings is 2. The maximum Gasteiger partial charge on any atom is 0.220 e. The zero-order valence-electron chi connectivity index (χ0n) is 11.0. The summed E-state index contributed by atoms with van der Waals surface area (Å²) < 4.78 is 0. The number of hydrogen-bond acceptors (Lipinski definition) is 3. The predicted molar refractivity (Wildman–Crippen MR) is 81.9 cm³/mol. The molecule has 0 aromatic heterocycles. The SMILES string of the molecule is O=C(SC1c2ccccc2CCC1O)c1ccccc1. The number of aliphatic hydroxyl groups excluding tert-OH is 1. The van der Waals surface area contributed by atoms with Crippen molar-refractivity contribution in [1.29, 1.82) is 0 Å². The van der Waals surface area contributed by atoms with E-state index in [-0.39, 0.29) is 10.4 Å². The Hall–Kier alpha value is -1.58. The minimum Gasteiger partial charge on any atom is -0.392 e. The third-order valence-electron chi connectivity index (χ3n) is 3.66. The van der Waals surface area contributed by atoms with Crippen LogP contribution in [0, 0.1) is 0 Å². The van der Waals surface area contributed by atoms with Crippen molar-refractivity contribution < 1.29 is 9.90 Å². The molecular formula is C17H16O2S. The van der Waals surface area contributed by atoms with Gasteiger partial charge in [-0.3, -0.25) is 4.79 Å². The van der Waals surface area contributed by atoms with Crippen LogP contribution in [0.4, 0.5) is 0 Å². The summed E-state index contributed by atoms with van der Waals surface area (Å²) in [6.07, 6.45) is 1.15. The molecule has 1 N–H and O–H groups in total. The first-order valence-corrected chi connectivity index (χ1v) is 7.65. The van der Waals surface area contributed by atoms with Crippen molar-refractivity contribution in [3.05, 3.63) is 71.3 Å². The van der Waals surface area contributed by atoms with E-state index in [4.69, 9.17) is 0 Å². The fourth-order valence-corrected chi connectivity index (χ4v) is 3.75. The van der Waals surface area contributed by atoms with Crippen molar-refractivity contribution in [2.45, 2.75) is 24.2 Å². The quantitative estimate of drug-likeness (QED) is 0.915. The van der Waals surface area contributed by atoms with Gasteiger partial charge < -0.3 is 5.11 Å². The molecule has 2 aromatic carbocycles. The highest BCUT2D eigenvalue weighted by Crippen LogP contribution is 2.41. The van der Waals surface area contributed by atoms with Gasteiger partial charge in [-0.25, -0.2) is 0 Å². The Morgan fingerprint density at radius 1 is 1.05 bits per heavy atom. The Balaban J connectivity index is 1.85. The summed E-state index contributed by atoms with van der Waals surface area (Å²) in [5.41, 5.74) is 3.03. The Morgan fingerprint density at radius 3 is 2.55 bits per heavy atom. The van der Waals surface area contributed by atoms with Crippen molar-refractivity contribution in [2.24, 2.45) is 0 Å². The summed E-state index contributed by atoms with van der Waals surface area (Å²) in [5, 5.41) is 10.1. The maximum atomic E-state index is 12.3. The molecule has 2 nitrogen and oxygen atoms in total. The maximum absolute atomic E-state index is 12.3. The molecule has 3 rings (SSSR count). The normalized spacial score (nSPS) is 21.2. The molecule has 102 valence electrons. The van der Waals surface area contributed by atoms with Gasteiger partial charge in [0, 0.05) is 5.56 Å². The molecule has 2 atom stereocenters. The van der Waals surface area contributed by atoms with Gasteiger partial charge in [-0.05, 0) is 24.0 Å². The van der Waals surface area contributed by atoms with Crippen LogP contribution < -0.4 is 0 Å². The fourth-order valence-electron chi connectivity index (χ4n) is 2.60. The topological polar surface area (TPSA) is 37.3 Å². The van der Waals surface area contributed by atoms with Crippen LogP contribution in [0.1, 0.15) is 33.2 Å². The smallest absolute Gasteiger partial charge is 0.220 e. The van der Waals surface area contributed by atoms with Gasteiger partial charge in [0.15, 0.2) is 0 Å². The van der Waals surface area contributed by atoms with Crippen molar-refractivity contribution in [1.82, 2.24) is 0 Å². The van der Waals surface area contributed by atoms with Crippen LogP contribution in [0.15, 0.2) is 54.6 Å². The molecule has 0 radical (unpaired) electrons. The molecule has 0 saturated heterocycles. The molecule has 0 amide bonds. The number of aryl methyl sites for hydroxylation is 1. The van der Waals surface area contributed by atoms with Gasteiger partial charge >= 0.3 is 0 Å². The van der Waals surface area contributed by atoms with Crippen LogP contribution >= 0.6 is 11.8 Å². The van der Waals surface area contributed by atoms with Crippen LogP contribution in [0.5, 0.6) is 0 Å². The third kappa shape index (κ3) is 2.65. The minimum atomic E-state index is -0.456. The molecule has 1 aliphatic carbocycles. The second-order valence-electron chi connectivity index (χ2n) is 5.00. The lowest BCUT2D eigenvalue weighted by Crippen LogP contribution is -2.24. The molecule has 0 spiro atoms. The number of carbonyl (C=O) groups is 1. The van der Waals surface area contributed by atoms with E-state index >= 15 is 0 Å². The summed E-state index contributed by atoms with van der Waals surface area (Å²) in [6.45, 7) is 0. The molecule has 1 aliphatic rings. The van der Waals surface area contributed by atoms with Crippen molar-refractivity contribution in [3.8, 4) is 0 Å². The lowest BCUT2D eigenvalue weighted by molar-refractivity contribution is 0.108. The summed E-state index contributed by atoms with van der Waals surface area (Å²) in [5.74, 6) is 0. The van der Waals surface area contributed by atoms with Gasteiger partial charge in [0.2, 0.25) is 5.12 Å². The molecule has 2 unspecified atom stereocenters. The van der Waals surface area contributed by atoms with E-state index in [1.807, 2.05) is 48.5 Å². The second kappa shape index (κ2) is 5.81. The number of carbonyl (C=O) groups excluding carboxylic acids is 1. The summed E-state index contributed by atoms with van der Waals surface area (Å²) in [7, 11) is 0. The van der Waals surface area contributed by atoms with Gasteiger partial charge in [0.05, 0.1) is 11.4 Å². The third-order valence-corrected chi connectivity index (χ3v) is 4.94. The highest BCUT2D eigenvalue weighted by molar-refractivity contribution is 8.14. The van der Waals surface area contributed by atoms with E-state index < -0.39 is 6.10 Å². The standard InChI is InChI=1S/C17H16O2S/c18-15-11-10-12-6-4-5-9-14(12)16(15)20-17(19)13-7-2-1-3-8-13/h1-9,15-16,18H,10-11H2. The second-order valence-corrected chi connectivity index (χ2v) is 6.11. The first kappa shape index (κ1) is 13.4. The number of thioether (sulfide) groups is 1. The lowest BCUT2D eigenvalue weighted by Gasteiger charge is -2.29. The summed E-state index contributed by atoms with van der Waals surface area (Å²) in [4.78, 5) is 12.3. The first-order valence-electron chi connectivity index (χ1n) is 6.77. The van der Waals surface area contributed by atoms with Gasteiger partial charge in [0.1, 0.15) is 0 Å². The molecule has 2 aromatic rings. The average Bonchev–Trinajstić information content (AvgIpc) is 2.51. The highest BCUT2D eigenvalue weighted by Gasteiger charge is 2.30. The van der Waals surface area contributed by atoms with Crippen LogP contribution in [-0.4, -0.2) is 16.3 Å². The lowest BCUT2D eigenvalue weighted by atomic mass is 9.89. The molecule has 0 fully saturated rings. The molecule has 20 heavy (non-hydrogen) atoms. The first-order chi connectivity index (χ1) is 9.75. The number of hydrogen-bond donors (Lipinski definition) is 1. The molecular weight excluding hydrogens is 268 g/mol. The Kier molecular flexibility index (Phi) is 3.90. The van der Waals surface area contributed by atoms with Gasteiger partial charge in [-0.2, -0.15) is 0 Å². The summed E-state index contributed by atoms with van der Waals surface area (Å²) >= 11 is 1.24. The summed E-state index contributed by atoms with van der Waals surface area (Å²) in [6, 6.07) is 17.3. The molecule has 0 aliphatic heterocycles. The van der Waals surface area contributed by atoms with Crippen LogP contribution in [-0.2, 0) is 6.42 Å². The van der Waals surface area contributed by atoms with Gasteiger partial charge in [0.25, 0.3) is 0 Å². The number of rotatable bonds is 2. The van der Waals surface area contributed by atoms with E-state index in [0.717, 1.165) is 18.4 Å². The van der Waals surface area contributed by atoms with Crippen molar-refractivity contribution in [3.63, 3.8) is 0 Å². The van der Waals surface area contributed by atoms with E-state index in [9.17, 15) is 9.90 Å². The van der Waals surface area contributed by atoms with Crippen LogP contribution in [0.3, 0.4) is 0 Å². The fraction of sp³-hybridized carbons (Fsp3) is 0.235. The number of fused-ring (bicyclic) bond motifs is 1. The van der Waals surface area contributed by atoms with E-state index in [2.05, 4.69) is 6.07 Å². The monoisotopic (exact) mass is 284 g/mol. The average molecular weight is 284 g/mol. The van der Waals surface area contributed by atoms with Gasteiger partial charge in [-0.15, -0.1) is 0 Å². The van der Waals surface area contributed by atoms with E-state index in [1.54, 1.807) is 0 Å². The minimum absolute atomic E-state index is 0.0198. The largest absolute Gasteiger partial charge is 0.392 e. The molecule has 0 saturated carbocycles.